The molecule has 5 nitrogen and oxygen atoms in total. The number of tetrazole rings is 1. The minimum atomic E-state index is -0.307. The van der Waals surface area contributed by atoms with Crippen molar-refractivity contribution in [3.05, 3.63) is 34.6 Å². The Morgan fingerprint density at radius 2 is 2.24 bits per heavy atom. The van der Waals surface area contributed by atoms with Crippen LogP contribution in [0.5, 0.6) is 0 Å². The highest BCUT2D eigenvalue weighted by Crippen LogP contribution is 2.23. The number of hydrogen-bond acceptors (Lipinski definition) is 5. The summed E-state index contributed by atoms with van der Waals surface area (Å²) in [6, 6.07) is 4.68. The lowest BCUT2D eigenvalue weighted by Crippen LogP contribution is -2.21. The van der Waals surface area contributed by atoms with E-state index < -0.39 is 0 Å². The number of aromatic nitrogens is 4. The van der Waals surface area contributed by atoms with Crippen LogP contribution in [0.15, 0.2) is 23.4 Å². The van der Waals surface area contributed by atoms with Crippen LogP contribution in [0.4, 0.5) is 4.39 Å². The van der Waals surface area contributed by atoms with Crippen molar-refractivity contribution in [2.75, 3.05) is 13.1 Å². The van der Waals surface area contributed by atoms with Crippen molar-refractivity contribution < 1.29 is 4.39 Å². The third-order valence-corrected chi connectivity index (χ3v) is 4.04. The van der Waals surface area contributed by atoms with Gasteiger partial charge in [-0.15, -0.1) is 5.10 Å². The van der Waals surface area contributed by atoms with E-state index in [-0.39, 0.29) is 5.82 Å². The zero-order chi connectivity index (χ0) is 15.1. The summed E-state index contributed by atoms with van der Waals surface area (Å²) in [7, 11) is 0. The molecule has 0 aliphatic heterocycles. The third kappa shape index (κ3) is 4.94. The van der Waals surface area contributed by atoms with Crippen LogP contribution in [0.2, 0.25) is 5.02 Å². The zero-order valence-electron chi connectivity index (χ0n) is 11.7. The fourth-order valence-corrected chi connectivity index (χ4v) is 2.76. The molecule has 0 saturated carbocycles. The number of hydrogen-bond donors (Lipinski definition) is 1. The van der Waals surface area contributed by atoms with E-state index in [1.54, 1.807) is 16.8 Å². The summed E-state index contributed by atoms with van der Waals surface area (Å²) in [5, 5.41) is 15.9. The van der Waals surface area contributed by atoms with Gasteiger partial charge in [-0.05, 0) is 41.1 Å². The zero-order valence-corrected chi connectivity index (χ0v) is 13.3. The van der Waals surface area contributed by atoms with Crippen LogP contribution >= 0.6 is 23.4 Å². The molecule has 0 aliphatic carbocycles. The Balaban J connectivity index is 1.90. The van der Waals surface area contributed by atoms with Crippen molar-refractivity contribution in [3.63, 3.8) is 0 Å². The van der Waals surface area contributed by atoms with Gasteiger partial charge < -0.3 is 5.32 Å². The van der Waals surface area contributed by atoms with E-state index >= 15 is 0 Å². The van der Waals surface area contributed by atoms with E-state index in [4.69, 9.17) is 11.6 Å². The van der Waals surface area contributed by atoms with Crippen molar-refractivity contribution >= 4 is 23.4 Å². The Hall–Kier alpha value is -1.18. The molecule has 0 atom stereocenters. The summed E-state index contributed by atoms with van der Waals surface area (Å²) in [6.07, 6.45) is 1.09. The van der Waals surface area contributed by atoms with Gasteiger partial charge in [0.15, 0.2) is 0 Å². The van der Waals surface area contributed by atoms with Gasteiger partial charge in [0, 0.05) is 17.3 Å². The standard InChI is InChI=1S/C13H17ClFN5S/c1-2-5-16-6-7-20-13(17-18-19-20)21-9-10-3-4-11(14)8-12(10)15/h3-4,8,16H,2,5-7,9H2,1H3. The maximum atomic E-state index is 13.7. The molecule has 1 heterocycles. The molecule has 8 heteroatoms. The number of thioether (sulfide) groups is 1. The highest BCUT2D eigenvalue weighted by Gasteiger charge is 2.09. The largest absolute Gasteiger partial charge is 0.315 e. The fraction of sp³-hybridized carbons (Fsp3) is 0.462. The first-order chi connectivity index (χ1) is 10.2. The number of benzene rings is 1. The predicted octanol–water partition coefficient (Wildman–Crippen LogP) is 2.76. The molecular weight excluding hydrogens is 313 g/mol. The van der Waals surface area contributed by atoms with Gasteiger partial charge in [0.1, 0.15) is 5.82 Å². The number of halogens is 2. The average Bonchev–Trinajstić information content (AvgIpc) is 2.90. The monoisotopic (exact) mass is 329 g/mol. The normalized spacial score (nSPS) is 11.0. The van der Waals surface area contributed by atoms with E-state index in [2.05, 4.69) is 27.8 Å². The first-order valence-corrected chi connectivity index (χ1v) is 8.10. The Labute approximate surface area is 132 Å². The quantitative estimate of drug-likeness (QED) is 0.596. The van der Waals surface area contributed by atoms with Crippen LogP contribution in [0.1, 0.15) is 18.9 Å². The maximum Gasteiger partial charge on any atom is 0.209 e. The average molecular weight is 330 g/mol. The highest BCUT2D eigenvalue weighted by molar-refractivity contribution is 7.98. The van der Waals surface area contributed by atoms with Gasteiger partial charge in [-0.3, -0.25) is 0 Å². The molecular formula is C13H17ClFN5S. The van der Waals surface area contributed by atoms with Gasteiger partial charge in [-0.25, -0.2) is 9.07 Å². The summed E-state index contributed by atoms with van der Waals surface area (Å²) >= 11 is 7.14. The van der Waals surface area contributed by atoms with E-state index in [1.807, 2.05) is 0 Å². The van der Waals surface area contributed by atoms with Gasteiger partial charge in [-0.1, -0.05) is 36.4 Å². The second-order valence-electron chi connectivity index (χ2n) is 4.46. The smallest absolute Gasteiger partial charge is 0.209 e. The van der Waals surface area contributed by atoms with Crippen molar-refractivity contribution in [1.82, 2.24) is 25.5 Å². The lowest BCUT2D eigenvalue weighted by atomic mass is 10.2. The summed E-state index contributed by atoms with van der Waals surface area (Å²) in [5.41, 5.74) is 0.586. The van der Waals surface area contributed by atoms with E-state index in [0.29, 0.717) is 28.0 Å². The van der Waals surface area contributed by atoms with Crippen LogP contribution in [-0.2, 0) is 12.3 Å². The van der Waals surface area contributed by atoms with Crippen LogP contribution in [-0.4, -0.2) is 33.3 Å². The van der Waals surface area contributed by atoms with Gasteiger partial charge in [0.2, 0.25) is 5.16 Å². The summed E-state index contributed by atoms with van der Waals surface area (Å²) in [6.45, 7) is 4.59. The first-order valence-electron chi connectivity index (χ1n) is 6.74. The van der Waals surface area contributed by atoms with E-state index in [9.17, 15) is 4.39 Å². The molecule has 1 N–H and O–H groups in total. The second kappa shape index (κ2) is 8.31. The Morgan fingerprint density at radius 3 is 3.00 bits per heavy atom. The Bertz CT molecular complexity index is 577. The molecule has 1 aromatic carbocycles. The minimum Gasteiger partial charge on any atom is -0.315 e. The van der Waals surface area contributed by atoms with Crippen molar-refractivity contribution in [2.45, 2.75) is 30.8 Å². The lowest BCUT2D eigenvalue weighted by Gasteiger charge is -2.06. The predicted molar refractivity (Wildman–Crippen MR) is 81.9 cm³/mol. The highest BCUT2D eigenvalue weighted by atomic mass is 35.5. The van der Waals surface area contributed by atoms with Crippen LogP contribution in [0, 0.1) is 5.82 Å². The Kier molecular flexibility index (Phi) is 6.41. The molecule has 0 aliphatic rings. The number of rotatable bonds is 8. The van der Waals surface area contributed by atoms with Gasteiger partial charge in [0.05, 0.1) is 6.54 Å². The Morgan fingerprint density at radius 1 is 1.38 bits per heavy atom. The third-order valence-electron chi connectivity index (χ3n) is 2.80. The molecule has 114 valence electrons. The van der Waals surface area contributed by atoms with Crippen LogP contribution in [0.25, 0.3) is 0 Å². The van der Waals surface area contributed by atoms with Gasteiger partial charge >= 0.3 is 0 Å². The van der Waals surface area contributed by atoms with Crippen molar-refractivity contribution in [3.8, 4) is 0 Å². The maximum absolute atomic E-state index is 13.7. The molecule has 0 unspecified atom stereocenters. The van der Waals surface area contributed by atoms with Gasteiger partial charge in [-0.2, -0.15) is 0 Å². The lowest BCUT2D eigenvalue weighted by molar-refractivity contribution is 0.510. The molecule has 0 spiro atoms. The minimum absolute atomic E-state index is 0.307. The molecule has 1 aromatic heterocycles. The number of nitrogens with one attached hydrogen (secondary N) is 1. The number of nitrogens with zero attached hydrogens (tertiary/aromatic N) is 4. The molecule has 0 fully saturated rings. The SMILES string of the molecule is CCCNCCn1nnnc1SCc1ccc(Cl)cc1F. The molecule has 0 amide bonds. The molecule has 21 heavy (non-hydrogen) atoms. The summed E-state index contributed by atoms with van der Waals surface area (Å²) in [4.78, 5) is 0. The summed E-state index contributed by atoms with van der Waals surface area (Å²) < 4.78 is 15.4. The van der Waals surface area contributed by atoms with Crippen molar-refractivity contribution in [2.24, 2.45) is 0 Å². The fourth-order valence-electron chi connectivity index (χ4n) is 1.71. The first kappa shape index (κ1) is 16.2. The molecule has 2 aromatic rings. The van der Waals surface area contributed by atoms with Gasteiger partial charge in [0.25, 0.3) is 0 Å². The molecule has 0 bridgehead atoms. The van der Waals surface area contributed by atoms with Crippen LogP contribution in [0.3, 0.4) is 0 Å². The summed E-state index contributed by atoms with van der Waals surface area (Å²) in [5.74, 6) is 0.157. The topological polar surface area (TPSA) is 55.6 Å². The molecule has 0 saturated heterocycles. The van der Waals surface area contributed by atoms with Crippen molar-refractivity contribution in [1.29, 1.82) is 0 Å². The van der Waals surface area contributed by atoms with Crippen LogP contribution < -0.4 is 5.32 Å². The van der Waals surface area contributed by atoms with E-state index in [1.165, 1.54) is 17.8 Å². The molecule has 0 radical (unpaired) electrons. The van der Waals surface area contributed by atoms with E-state index in [0.717, 1.165) is 19.5 Å². The second-order valence-corrected chi connectivity index (χ2v) is 5.84. The molecule has 2 rings (SSSR count).